The Bertz CT molecular complexity index is 175. The van der Waals surface area contributed by atoms with E-state index < -0.39 is 0 Å². The van der Waals surface area contributed by atoms with Crippen molar-refractivity contribution in [1.82, 2.24) is 5.32 Å². The van der Waals surface area contributed by atoms with Gasteiger partial charge in [-0.2, -0.15) is 0 Å². The van der Waals surface area contributed by atoms with Gasteiger partial charge in [0.1, 0.15) is 0 Å². The molecule has 1 aliphatic carbocycles. The van der Waals surface area contributed by atoms with Crippen LogP contribution in [0.3, 0.4) is 0 Å². The van der Waals surface area contributed by atoms with E-state index in [0.717, 1.165) is 6.54 Å². The summed E-state index contributed by atoms with van der Waals surface area (Å²) in [7, 11) is 0. The fraction of sp³-hybridized carbons (Fsp3) is 0.889. The Labute approximate surface area is 73.7 Å². The lowest BCUT2D eigenvalue weighted by molar-refractivity contribution is -0.122. The van der Waals surface area contributed by atoms with Crippen LogP contribution in [0, 0.1) is 5.41 Å². The Kier molecular flexibility index (Phi) is 2.73. The largest absolute Gasteiger partial charge is 0.354 e. The summed E-state index contributed by atoms with van der Waals surface area (Å²) in [6.07, 6.45) is 3.17. The standard InChI is InChI=1S/C9H18N2O/c1-3-7(10)8(12)11-6-9(2)4-5-9/h7H,3-6,10H2,1-2H3,(H,11,12)/t7-/m0/s1. The van der Waals surface area contributed by atoms with Crippen LogP contribution in [-0.4, -0.2) is 18.5 Å². The van der Waals surface area contributed by atoms with Crippen LogP contribution in [0.4, 0.5) is 0 Å². The average molecular weight is 170 g/mol. The third kappa shape index (κ3) is 2.48. The molecule has 0 unspecified atom stereocenters. The molecular weight excluding hydrogens is 152 g/mol. The SMILES string of the molecule is CC[C@H](N)C(=O)NCC1(C)CC1. The van der Waals surface area contributed by atoms with Crippen LogP contribution >= 0.6 is 0 Å². The molecule has 0 saturated heterocycles. The Balaban J connectivity index is 2.18. The zero-order valence-corrected chi connectivity index (χ0v) is 7.89. The maximum Gasteiger partial charge on any atom is 0.236 e. The second-order valence-electron chi connectivity index (χ2n) is 4.04. The van der Waals surface area contributed by atoms with Crippen LogP contribution in [0.5, 0.6) is 0 Å². The zero-order valence-electron chi connectivity index (χ0n) is 7.89. The van der Waals surface area contributed by atoms with Crippen LogP contribution in [0.25, 0.3) is 0 Å². The Morgan fingerprint density at radius 3 is 2.67 bits per heavy atom. The van der Waals surface area contributed by atoms with Crippen molar-refractivity contribution in [3.05, 3.63) is 0 Å². The second-order valence-corrected chi connectivity index (χ2v) is 4.04. The molecule has 1 atom stereocenters. The van der Waals surface area contributed by atoms with E-state index in [-0.39, 0.29) is 11.9 Å². The first kappa shape index (κ1) is 9.52. The molecule has 1 fully saturated rings. The number of nitrogens with one attached hydrogen (secondary N) is 1. The second kappa shape index (κ2) is 3.44. The molecule has 0 aromatic heterocycles. The van der Waals surface area contributed by atoms with Crippen molar-refractivity contribution in [3.63, 3.8) is 0 Å². The van der Waals surface area contributed by atoms with Crippen molar-refractivity contribution in [2.45, 2.75) is 39.2 Å². The van der Waals surface area contributed by atoms with Gasteiger partial charge in [-0.05, 0) is 24.7 Å². The van der Waals surface area contributed by atoms with Gasteiger partial charge in [0.2, 0.25) is 5.91 Å². The Morgan fingerprint density at radius 2 is 2.25 bits per heavy atom. The molecule has 0 heterocycles. The Hall–Kier alpha value is -0.570. The van der Waals surface area contributed by atoms with Crippen molar-refractivity contribution in [1.29, 1.82) is 0 Å². The molecule has 0 aliphatic heterocycles. The van der Waals surface area contributed by atoms with Crippen molar-refractivity contribution in [2.24, 2.45) is 11.1 Å². The van der Waals surface area contributed by atoms with E-state index in [9.17, 15) is 4.79 Å². The van der Waals surface area contributed by atoms with Gasteiger partial charge in [0.25, 0.3) is 0 Å². The molecule has 1 saturated carbocycles. The van der Waals surface area contributed by atoms with Gasteiger partial charge in [0.05, 0.1) is 6.04 Å². The summed E-state index contributed by atoms with van der Waals surface area (Å²) in [6.45, 7) is 4.90. The summed E-state index contributed by atoms with van der Waals surface area (Å²) in [5.74, 6) is -0.00868. The summed E-state index contributed by atoms with van der Waals surface area (Å²) in [6, 6.07) is -0.327. The summed E-state index contributed by atoms with van der Waals surface area (Å²) >= 11 is 0. The molecule has 3 heteroatoms. The van der Waals surface area contributed by atoms with E-state index in [1.807, 2.05) is 6.92 Å². The average Bonchev–Trinajstić information content (AvgIpc) is 2.79. The van der Waals surface area contributed by atoms with E-state index in [2.05, 4.69) is 12.2 Å². The van der Waals surface area contributed by atoms with E-state index in [4.69, 9.17) is 5.73 Å². The highest BCUT2D eigenvalue weighted by atomic mass is 16.2. The lowest BCUT2D eigenvalue weighted by Gasteiger charge is -2.13. The molecule has 0 aromatic carbocycles. The minimum atomic E-state index is -0.327. The highest BCUT2D eigenvalue weighted by Gasteiger charge is 2.37. The molecule has 3 N–H and O–H groups in total. The minimum Gasteiger partial charge on any atom is -0.354 e. The van der Waals surface area contributed by atoms with Gasteiger partial charge in [-0.3, -0.25) is 4.79 Å². The summed E-state index contributed by atoms with van der Waals surface area (Å²) in [5.41, 5.74) is 5.93. The molecule has 12 heavy (non-hydrogen) atoms. The van der Waals surface area contributed by atoms with Gasteiger partial charge in [-0.1, -0.05) is 13.8 Å². The highest BCUT2D eigenvalue weighted by Crippen LogP contribution is 2.43. The van der Waals surface area contributed by atoms with Gasteiger partial charge < -0.3 is 11.1 Å². The van der Waals surface area contributed by atoms with Crippen molar-refractivity contribution in [2.75, 3.05) is 6.54 Å². The molecule has 1 amide bonds. The molecular formula is C9H18N2O. The summed E-state index contributed by atoms with van der Waals surface area (Å²) in [5, 5.41) is 2.87. The Morgan fingerprint density at radius 1 is 1.67 bits per heavy atom. The number of amides is 1. The van der Waals surface area contributed by atoms with Gasteiger partial charge in [0, 0.05) is 6.54 Å². The van der Waals surface area contributed by atoms with Gasteiger partial charge >= 0.3 is 0 Å². The van der Waals surface area contributed by atoms with Crippen LogP contribution in [0.15, 0.2) is 0 Å². The van der Waals surface area contributed by atoms with Crippen LogP contribution < -0.4 is 11.1 Å². The fourth-order valence-electron chi connectivity index (χ4n) is 1.01. The van der Waals surface area contributed by atoms with E-state index >= 15 is 0 Å². The highest BCUT2D eigenvalue weighted by molar-refractivity contribution is 5.81. The quantitative estimate of drug-likeness (QED) is 0.650. The molecule has 3 nitrogen and oxygen atoms in total. The first-order chi connectivity index (χ1) is 5.57. The molecule has 1 rings (SSSR count). The molecule has 0 aromatic rings. The fourth-order valence-corrected chi connectivity index (χ4v) is 1.01. The number of hydrogen-bond donors (Lipinski definition) is 2. The third-order valence-electron chi connectivity index (χ3n) is 2.57. The van der Waals surface area contributed by atoms with E-state index in [1.54, 1.807) is 0 Å². The molecule has 0 bridgehead atoms. The van der Waals surface area contributed by atoms with Crippen LogP contribution in [-0.2, 0) is 4.79 Å². The van der Waals surface area contributed by atoms with Crippen LogP contribution in [0.2, 0.25) is 0 Å². The molecule has 1 aliphatic rings. The summed E-state index contributed by atoms with van der Waals surface area (Å²) in [4.78, 5) is 11.2. The minimum absolute atomic E-state index is 0.00868. The number of rotatable bonds is 4. The number of carbonyl (C=O) groups is 1. The smallest absolute Gasteiger partial charge is 0.236 e. The number of hydrogen-bond acceptors (Lipinski definition) is 2. The van der Waals surface area contributed by atoms with E-state index in [1.165, 1.54) is 12.8 Å². The van der Waals surface area contributed by atoms with Gasteiger partial charge in [0.15, 0.2) is 0 Å². The van der Waals surface area contributed by atoms with Gasteiger partial charge in [-0.25, -0.2) is 0 Å². The first-order valence-corrected chi connectivity index (χ1v) is 4.61. The van der Waals surface area contributed by atoms with Crippen LogP contribution in [0.1, 0.15) is 33.1 Å². The number of carbonyl (C=O) groups excluding carboxylic acids is 1. The van der Waals surface area contributed by atoms with Gasteiger partial charge in [-0.15, -0.1) is 0 Å². The normalized spacial score (nSPS) is 21.6. The zero-order chi connectivity index (χ0) is 9.19. The maximum atomic E-state index is 11.2. The van der Waals surface area contributed by atoms with Crippen molar-refractivity contribution < 1.29 is 4.79 Å². The molecule has 70 valence electrons. The monoisotopic (exact) mass is 170 g/mol. The third-order valence-corrected chi connectivity index (χ3v) is 2.57. The first-order valence-electron chi connectivity index (χ1n) is 4.61. The lowest BCUT2D eigenvalue weighted by atomic mass is 10.1. The molecule has 0 radical (unpaired) electrons. The number of nitrogens with two attached hydrogens (primary N) is 1. The predicted molar refractivity (Wildman–Crippen MR) is 48.6 cm³/mol. The van der Waals surface area contributed by atoms with E-state index in [0.29, 0.717) is 11.8 Å². The van der Waals surface area contributed by atoms with Crippen molar-refractivity contribution in [3.8, 4) is 0 Å². The predicted octanol–water partition coefficient (Wildman–Crippen LogP) is 0.640. The summed E-state index contributed by atoms with van der Waals surface area (Å²) < 4.78 is 0. The lowest BCUT2D eigenvalue weighted by Crippen LogP contribution is -2.41. The van der Waals surface area contributed by atoms with Crippen molar-refractivity contribution >= 4 is 5.91 Å². The maximum absolute atomic E-state index is 11.2. The molecule has 0 spiro atoms. The topological polar surface area (TPSA) is 55.1 Å².